The van der Waals surface area contributed by atoms with Gasteiger partial charge in [0.25, 0.3) is 0 Å². The number of likely N-dealkylation sites (tertiary alicyclic amines) is 1. The van der Waals surface area contributed by atoms with Gasteiger partial charge in [0.1, 0.15) is 16.8 Å². The summed E-state index contributed by atoms with van der Waals surface area (Å²) in [7, 11) is -3.87. The van der Waals surface area contributed by atoms with Gasteiger partial charge in [0.2, 0.25) is 5.91 Å². The van der Waals surface area contributed by atoms with E-state index in [4.69, 9.17) is 4.74 Å². The van der Waals surface area contributed by atoms with E-state index in [0.717, 1.165) is 18.7 Å². The molecule has 2 fully saturated rings. The molecule has 0 aromatic heterocycles. The number of carbonyl (C=O) groups excluding carboxylic acids is 1. The molecule has 138 valence electrons. The van der Waals surface area contributed by atoms with E-state index < -0.39 is 32.5 Å². The van der Waals surface area contributed by atoms with Crippen LogP contribution in [0.5, 0.6) is 5.75 Å². The van der Waals surface area contributed by atoms with Crippen LogP contribution in [0, 0.1) is 11.6 Å². The Kier molecular flexibility index (Phi) is 4.97. The molecule has 2 heterocycles. The minimum Gasteiger partial charge on any atom is -0.484 e. The summed E-state index contributed by atoms with van der Waals surface area (Å²) >= 11 is 0. The van der Waals surface area contributed by atoms with Crippen LogP contribution in [-0.4, -0.2) is 57.3 Å². The zero-order chi connectivity index (χ0) is 18.2. The third kappa shape index (κ3) is 3.77. The summed E-state index contributed by atoms with van der Waals surface area (Å²) in [5.74, 6) is -2.31. The van der Waals surface area contributed by atoms with Gasteiger partial charge in [-0.2, -0.15) is 0 Å². The van der Waals surface area contributed by atoms with Crippen molar-refractivity contribution in [1.82, 2.24) is 10.2 Å². The fourth-order valence-corrected chi connectivity index (χ4v) is 4.09. The van der Waals surface area contributed by atoms with Gasteiger partial charge in [-0.15, -0.1) is 0 Å². The first kappa shape index (κ1) is 18.1. The Hall–Kier alpha value is -1.74. The van der Waals surface area contributed by atoms with Crippen molar-refractivity contribution in [3.63, 3.8) is 0 Å². The van der Waals surface area contributed by atoms with Crippen LogP contribution in [0.2, 0.25) is 0 Å². The summed E-state index contributed by atoms with van der Waals surface area (Å²) in [6.45, 7) is 1.73. The molecule has 1 aromatic rings. The molecule has 0 radical (unpaired) electrons. The molecular weight excluding hydrogens is 354 g/mol. The van der Waals surface area contributed by atoms with Gasteiger partial charge in [0.15, 0.2) is 21.4 Å². The van der Waals surface area contributed by atoms with Crippen molar-refractivity contribution in [2.75, 3.05) is 25.9 Å². The number of amides is 1. The SMILES string of the molecule is CS(=O)(=O)c1cc(F)c(OC2CNCCC2N2CCCC2=O)cc1F. The average Bonchev–Trinajstić information content (AvgIpc) is 2.96. The van der Waals surface area contributed by atoms with E-state index in [1.54, 1.807) is 4.90 Å². The number of ether oxygens (including phenoxy) is 1. The van der Waals surface area contributed by atoms with E-state index >= 15 is 0 Å². The number of halogens is 2. The van der Waals surface area contributed by atoms with Crippen LogP contribution in [0.25, 0.3) is 0 Å². The van der Waals surface area contributed by atoms with Crippen LogP contribution >= 0.6 is 0 Å². The van der Waals surface area contributed by atoms with E-state index in [2.05, 4.69) is 5.32 Å². The highest BCUT2D eigenvalue weighted by Crippen LogP contribution is 2.28. The van der Waals surface area contributed by atoms with Gasteiger partial charge in [-0.05, 0) is 25.5 Å². The second kappa shape index (κ2) is 6.87. The number of hydrogen-bond acceptors (Lipinski definition) is 5. The molecule has 0 spiro atoms. The Morgan fingerprint density at radius 2 is 2.04 bits per heavy atom. The number of piperidine rings is 1. The molecule has 3 rings (SSSR count). The molecule has 0 bridgehead atoms. The maximum Gasteiger partial charge on any atom is 0.223 e. The molecule has 1 aromatic carbocycles. The molecule has 6 nitrogen and oxygen atoms in total. The summed E-state index contributed by atoms with van der Waals surface area (Å²) in [5.41, 5.74) is 0. The Morgan fingerprint density at radius 1 is 1.28 bits per heavy atom. The lowest BCUT2D eigenvalue weighted by molar-refractivity contribution is -0.132. The molecule has 0 saturated carbocycles. The van der Waals surface area contributed by atoms with Crippen molar-refractivity contribution < 1.29 is 26.7 Å². The minimum atomic E-state index is -3.87. The van der Waals surface area contributed by atoms with Crippen molar-refractivity contribution in [3.05, 3.63) is 23.8 Å². The van der Waals surface area contributed by atoms with Gasteiger partial charge in [-0.1, -0.05) is 0 Å². The predicted molar refractivity (Wildman–Crippen MR) is 86.1 cm³/mol. The van der Waals surface area contributed by atoms with Gasteiger partial charge in [-0.25, -0.2) is 17.2 Å². The summed E-state index contributed by atoms with van der Waals surface area (Å²) < 4.78 is 56.9. The van der Waals surface area contributed by atoms with Crippen LogP contribution in [0.1, 0.15) is 19.3 Å². The van der Waals surface area contributed by atoms with Gasteiger partial charge < -0.3 is 15.0 Å². The van der Waals surface area contributed by atoms with Crippen LogP contribution in [0.4, 0.5) is 8.78 Å². The number of carbonyl (C=O) groups is 1. The predicted octanol–water partition coefficient (Wildman–Crippen LogP) is 1.10. The zero-order valence-electron chi connectivity index (χ0n) is 13.8. The Bertz CT molecular complexity index is 785. The maximum absolute atomic E-state index is 14.2. The fourth-order valence-electron chi connectivity index (χ4n) is 3.36. The van der Waals surface area contributed by atoms with Crippen molar-refractivity contribution in [3.8, 4) is 5.75 Å². The molecular formula is C16H20F2N2O4S. The lowest BCUT2D eigenvalue weighted by Gasteiger charge is -2.38. The number of rotatable bonds is 4. The number of nitrogens with one attached hydrogen (secondary N) is 1. The normalized spacial score (nSPS) is 24.6. The third-order valence-corrected chi connectivity index (χ3v) is 5.68. The second-order valence-electron chi connectivity index (χ2n) is 6.39. The van der Waals surface area contributed by atoms with Gasteiger partial charge >= 0.3 is 0 Å². The molecule has 0 aliphatic carbocycles. The monoisotopic (exact) mass is 374 g/mol. The van der Waals surface area contributed by atoms with Gasteiger partial charge in [0, 0.05) is 31.8 Å². The highest BCUT2D eigenvalue weighted by molar-refractivity contribution is 7.90. The van der Waals surface area contributed by atoms with Crippen molar-refractivity contribution in [2.24, 2.45) is 0 Å². The summed E-state index contributed by atoms with van der Waals surface area (Å²) in [6.07, 6.45) is 2.20. The number of hydrogen-bond donors (Lipinski definition) is 1. The van der Waals surface area contributed by atoms with Crippen molar-refractivity contribution in [1.29, 1.82) is 0 Å². The highest BCUT2D eigenvalue weighted by atomic mass is 32.2. The average molecular weight is 374 g/mol. The smallest absolute Gasteiger partial charge is 0.223 e. The second-order valence-corrected chi connectivity index (χ2v) is 8.38. The fraction of sp³-hybridized carbons (Fsp3) is 0.562. The van der Waals surface area contributed by atoms with Crippen LogP contribution < -0.4 is 10.1 Å². The molecule has 2 aliphatic heterocycles. The number of benzene rings is 1. The molecule has 2 atom stereocenters. The molecule has 2 unspecified atom stereocenters. The van der Waals surface area contributed by atoms with E-state index in [1.165, 1.54) is 0 Å². The van der Waals surface area contributed by atoms with E-state index in [1.807, 2.05) is 0 Å². The van der Waals surface area contributed by atoms with Crippen molar-refractivity contribution >= 4 is 15.7 Å². The Morgan fingerprint density at radius 3 is 2.68 bits per heavy atom. The van der Waals surface area contributed by atoms with Crippen LogP contribution in [0.3, 0.4) is 0 Å². The Labute approximate surface area is 145 Å². The quantitative estimate of drug-likeness (QED) is 0.854. The zero-order valence-corrected chi connectivity index (χ0v) is 14.6. The molecule has 9 heteroatoms. The lowest BCUT2D eigenvalue weighted by atomic mass is 10.0. The molecule has 25 heavy (non-hydrogen) atoms. The van der Waals surface area contributed by atoms with Gasteiger partial charge in [0.05, 0.1) is 6.04 Å². The first-order valence-electron chi connectivity index (χ1n) is 8.13. The maximum atomic E-state index is 14.2. The molecule has 1 N–H and O–H groups in total. The van der Waals surface area contributed by atoms with E-state index in [9.17, 15) is 22.0 Å². The van der Waals surface area contributed by atoms with E-state index in [-0.39, 0.29) is 17.7 Å². The third-order valence-electron chi connectivity index (χ3n) is 4.57. The minimum absolute atomic E-state index is 0.0413. The highest BCUT2D eigenvalue weighted by Gasteiger charge is 2.37. The summed E-state index contributed by atoms with van der Waals surface area (Å²) in [6, 6.07) is 1.17. The Balaban J connectivity index is 1.85. The summed E-state index contributed by atoms with van der Waals surface area (Å²) in [5, 5.41) is 3.12. The first-order valence-corrected chi connectivity index (χ1v) is 10.0. The van der Waals surface area contributed by atoms with Crippen LogP contribution in [-0.2, 0) is 14.6 Å². The number of sulfone groups is 1. The molecule has 2 aliphatic rings. The van der Waals surface area contributed by atoms with E-state index in [0.29, 0.717) is 38.5 Å². The largest absolute Gasteiger partial charge is 0.484 e. The van der Waals surface area contributed by atoms with Crippen molar-refractivity contribution in [2.45, 2.75) is 36.3 Å². The molecule has 1 amide bonds. The standard InChI is InChI=1S/C16H20F2N2O4S/c1-25(22,23)15-8-10(17)13(7-11(15)18)24-14-9-19-5-4-12(14)20-6-2-3-16(20)21/h7-8,12,14,19H,2-6,9H2,1H3. The van der Waals surface area contributed by atoms with Crippen LogP contribution in [0.15, 0.2) is 17.0 Å². The number of nitrogens with zero attached hydrogens (tertiary/aromatic N) is 1. The first-order chi connectivity index (χ1) is 11.8. The van der Waals surface area contributed by atoms with Gasteiger partial charge in [-0.3, -0.25) is 4.79 Å². The lowest BCUT2D eigenvalue weighted by Crippen LogP contribution is -2.55. The molecule has 2 saturated heterocycles. The summed E-state index contributed by atoms with van der Waals surface area (Å²) in [4.78, 5) is 13.0. The topological polar surface area (TPSA) is 75.7 Å².